The number of alkyl halides is 3. The lowest BCUT2D eigenvalue weighted by molar-refractivity contribution is -0.136. The second-order valence-corrected chi connectivity index (χ2v) is 7.59. The van der Waals surface area contributed by atoms with Gasteiger partial charge in [0.25, 0.3) is 5.56 Å². The Bertz CT molecular complexity index is 1160. The van der Waals surface area contributed by atoms with Crippen LogP contribution in [-0.4, -0.2) is 50.6 Å². The van der Waals surface area contributed by atoms with Crippen molar-refractivity contribution in [2.45, 2.75) is 23.1 Å². The smallest absolute Gasteiger partial charge is 0.275 e. The van der Waals surface area contributed by atoms with Gasteiger partial charge in [0.05, 0.1) is 42.5 Å². The van der Waals surface area contributed by atoms with Crippen LogP contribution in [0.3, 0.4) is 0 Å². The van der Waals surface area contributed by atoms with Gasteiger partial charge in [0.15, 0.2) is 0 Å². The molecule has 0 aromatic carbocycles. The van der Waals surface area contributed by atoms with E-state index in [1.807, 2.05) is 0 Å². The first-order chi connectivity index (χ1) is 11.9. The maximum absolute atomic E-state index is 13.3. The highest BCUT2D eigenvalue weighted by atomic mass is 32.1. The molecule has 0 amide bonds. The minimum Gasteiger partial charge on any atom is -0.275 e. The van der Waals surface area contributed by atoms with Crippen molar-refractivity contribution in [1.29, 1.82) is 0 Å². The van der Waals surface area contributed by atoms with Gasteiger partial charge in [-0.15, -0.1) is 26.9 Å². The van der Waals surface area contributed by atoms with E-state index in [1.165, 1.54) is 0 Å². The summed E-state index contributed by atoms with van der Waals surface area (Å²) in [5, 5.41) is 4.33. The zero-order valence-corrected chi connectivity index (χ0v) is 14.5. The Kier molecular flexibility index (Phi) is 3.52. The van der Waals surface area contributed by atoms with Gasteiger partial charge in [-0.05, 0) is 18.1 Å². The number of fused-ring (bicyclic) bond motifs is 3. The Labute approximate surface area is 158 Å². The van der Waals surface area contributed by atoms with E-state index in [0.29, 0.717) is 11.3 Å². The number of nitrogens with zero attached hydrogens (tertiary/aromatic N) is 3. The van der Waals surface area contributed by atoms with Crippen LogP contribution in [0.15, 0.2) is 10.2 Å². The third-order valence-corrected chi connectivity index (χ3v) is 6.05. The van der Waals surface area contributed by atoms with Crippen LogP contribution in [0.2, 0.25) is 10.4 Å². The fourth-order valence-electron chi connectivity index (χ4n) is 3.11. The lowest BCUT2D eigenvalue weighted by Gasteiger charge is -2.11. The molecule has 14 heteroatoms. The standard InChI is InChI=1S/C12H5B4F3N4OS2/c13-10(14)4(11(10,15)16)1-22-7(24)6-5(3(2-26-6)12(17,18)19)23-8(22)20-21-9(23)25/h2,4H,1H2,(H,21,25). The molecule has 5 nitrogen and oxygen atoms in total. The molecule has 3 aromatic rings. The van der Waals surface area contributed by atoms with Crippen LogP contribution in [0.25, 0.3) is 16.0 Å². The summed E-state index contributed by atoms with van der Waals surface area (Å²) >= 11 is 5.72. The summed E-state index contributed by atoms with van der Waals surface area (Å²) in [5.41, 5.74) is -1.98. The van der Waals surface area contributed by atoms with Crippen LogP contribution in [-0.2, 0) is 12.7 Å². The number of halogens is 3. The van der Waals surface area contributed by atoms with Gasteiger partial charge in [-0.2, -0.15) is 13.2 Å². The summed E-state index contributed by atoms with van der Waals surface area (Å²) in [5.74, 6) is -0.781. The molecular weight excluding hydrogens is 381 g/mol. The number of nitrogens with one attached hydrogen (secondary N) is 1. The summed E-state index contributed by atoms with van der Waals surface area (Å²) in [4.78, 5) is 12.8. The number of aromatic amines is 1. The fourth-order valence-corrected chi connectivity index (χ4v) is 4.34. The molecule has 0 saturated heterocycles. The molecule has 8 radical (unpaired) electrons. The summed E-state index contributed by atoms with van der Waals surface area (Å²) < 4.78 is 42.0. The fraction of sp³-hybridized carbons (Fsp3) is 0.417. The first-order valence-electron chi connectivity index (χ1n) is 7.23. The highest BCUT2D eigenvalue weighted by molar-refractivity contribution is 7.71. The molecule has 124 valence electrons. The Morgan fingerprint density at radius 3 is 2.46 bits per heavy atom. The zero-order valence-electron chi connectivity index (χ0n) is 12.9. The van der Waals surface area contributed by atoms with E-state index in [1.54, 1.807) is 0 Å². The van der Waals surface area contributed by atoms with E-state index in [-0.39, 0.29) is 27.3 Å². The number of rotatable bonds is 2. The van der Waals surface area contributed by atoms with Crippen molar-refractivity contribution in [3.05, 3.63) is 26.1 Å². The van der Waals surface area contributed by atoms with Crippen LogP contribution >= 0.6 is 23.6 Å². The number of aromatic nitrogens is 4. The molecule has 26 heavy (non-hydrogen) atoms. The maximum atomic E-state index is 13.3. The van der Waals surface area contributed by atoms with E-state index >= 15 is 0 Å². The van der Waals surface area contributed by atoms with Crippen molar-refractivity contribution in [3.63, 3.8) is 0 Å². The van der Waals surface area contributed by atoms with Crippen molar-refractivity contribution < 1.29 is 13.2 Å². The molecule has 1 fully saturated rings. The minimum atomic E-state index is -4.65. The molecule has 0 atom stereocenters. The van der Waals surface area contributed by atoms with Gasteiger partial charge in [0.1, 0.15) is 4.70 Å². The predicted molar refractivity (Wildman–Crippen MR) is 96.9 cm³/mol. The summed E-state index contributed by atoms with van der Waals surface area (Å²) in [6, 6.07) is 0. The molecule has 4 rings (SSSR count). The molecule has 3 heterocycles. The van der Waals surface area contributed by atoms with Crippen LogP contribution in [0.5, 0.6) is 0 Å². The molecule has 3 aromatic heterocycles. The first-order valence-corrected chi connectivity index (χ1v) is 8.51. The SMILES string of the molecule is [B]C1([B])C(Cn2c(=O)c3scc(C(F)(F)F)c3n3c(=S)[nH]nc23)C1([B])[B]. The van der Waals surface area contributed by atoms with Crippen molar-refractivity contribution in [2.75, 3.05) is 0 Å². The van der Waals surface area contributed by atoms with E-state index in [4.69, 9.17) is 43.6 Å². The van der Waals surface area contributed by atoms with E-state index in [9.17, 15) is 18.0 Å². The Balaban J connectivity index is 2.03. The van der Waals surface area contributed by atoms with Crippen molar-refractivity contribution in [3.8, 4) is 0 Å². The van der Waals surface area contributed by atoms with Crippen molar-refractivity contribution in [2.24, 2.45) is 5.92 Å². The van der Waals surface area contributed by atoms with Gasteiger partial charge < -0.3 is 0 Å². The molecular formula is C12H5B4F3N4OS2. The molecule has 1 aliphatic carbocycles. The molecule has 0 bridgehead atoms. The van der Waals surface area contributed by atoms with Crippen LogP contribution in [0, 0.1) is 10.7 Å². The van der Waals surface area contributed by atoms with Crippen LogP contribution in [0.4, 0.5) is 13.2 Å². The van der Waals surface area contributed by atoms with Crippen LogP contribution < -0.4 is 5.56 Å². The Morgan fingerprint density at radius 2 is 1.92 bits per heavy atom. The average Bonchev–Trinajstić information content (AvgIpc) is 2.96. The third kappa shape index (κ3) is 2.17. The monoisotopic (exact) mass is 386 g/mol. The highest BCUT2D eigenvalue weighted by Crippen LogP contribution is 2.73. The van der Waals surface area contributed by atoms with E-state index in [0.717, 1.165) is 14.3 Å². The first kappa shape index (κ1) is 18.0. The quantitative estimate of drug-likeness (QED) is 0.535. The third-order valence-electron chi connectivity index (χ3n) is 4.81. The minimum absolute atomic E-state index is 0.0861. The second-order valence-electron chi connectivity index (χ2n) is 6.32. The Hall–Kier alpha value is -1.42. The topological polar surface area (TPSA) is 55.1 Å². The second kappa shape index (κ2) is 5.09. The maximum Gasteiger partial charge on any atom is 0.419 e. The molecule has 0 spiro atoms. The molecule has 1 aliphatic rings. The molecule has 1 N–H and O–H groups in total. The number of thiophene rings is 1. The number of hydrogen-bond donors (Lipinski definition) is 1. The zero-order chi connectivity index (χ0) is 19.2. The number of H-pyrrole nitrogens is 1. The molecule has 1 saturated carbocycles. The van der Waals surface area contributed by atoms with Gasteiger partial charge >= 0.3 is 6.18 Å². The lowest BCUT2D eigenvalue weighted by atomic mass is 9.49. The molecule has 0 aliphatic heterocycles. The highest BCUT2D eigenvalue weighted by Gasteiger charge is 2.61. The van der Waals surface area contributed by atoms with Gasteiger partial charge in [0.2, 0.25) is 10.5 Å². The predicted octanol–water partition coefficient (Wildman–Crippen LogP) is 1.32. The van der Waals surface area contributed by atoms with E-state index in [2.05, 4.69) is 10.2 Å². The largest absolute Gasteiger partial charge is 0.419 e. The summed E-state index contributed by atoms with van der Waals surface area (Å²) in [7, 11) is 23.3. The summed E-state index contributed by atoms with van der Waals surface area (Å²) in [6.45, 7) is -0.114. The Morgan fingerprint density at radius 1 is 1.31 bits per heavy atom. The van der Waals surface area contributed by atoms with Gasteiger partial charge in [0, 0.05) is 11.9 Å². The van der Waals surface area contributed by atoms with Crippen molar-refractivity contribution in [1.82, 2.24) is 19.2 Å². The number of hydrogen-bond acceptors (Lipinski definition) is 4. The van der Waals surface area contributed by atoms with Gasteiger partial charge in [-0.3, -0.25) is 13.8 Å². The average molecular weight is 386 g/mol. The normalized spacial score (nSPS) is 19.3. The van der Waals surface area contributed by atoms with Gasteiger partial charge in [-0.1, -0.05) is 0 Å². The van der Waals surface area contributed by atoms with Crippen molar-refractivity contribution >= 4 is 70.9 Å². The van der Waals surface area contributed by atoms with Gasteiger partial charge in [-0.25, -0.2) is 5.10 Å². The van der Waals surface area contributed by atoms with E-state index < -0.39 is 33.6 Å². The lowest BCUT2D eigenvalue weighted by Crippen LogP contribution is -2.25. The van der Waals surface area contributed by atoms with Crippen LogP contribution in [0.1, 0.15) is 5.56 Å². The summed E-state index contributed by atoms with van der Waals surface area (Å²) in [6.07, 6.45) is -4.65. The molecule has 0 unspecified atom stereocenters.